The molecular weight excluding hydrogens is 260 g/mol. The van der Waals surface area contributed by atoms with Gasteiger partial charge in [-0.1, -0.05) is 0 Å². The van der Waals surface area contributed by atoms with Crippen LogP contribution in [0.5, 0.6) is 0 Å². The number of aromatic nitrogens is 1. The molecule has 0 atom stereocenters. The SMILES string of the molecule is CCn1c(=O)oc2cc(NC(=O)OC(C)(C)C)ccc21. The molecule has 0 aliphatic heterocycles. The molecule has 0 aliphatic rings. The quantitative estimate of drug-likeness (QED) is 0.916. The Morgan fingerprint density at radius 2 is 2.10 bits per heavy atom. The van der Waals surface area contributed by atoms with Gasteiger partial charge in [-0.05, 0) is 39.8 Å². The molecule has 1 heterocycles. The van der Waals surface area contributed by atoms with Crippen LogP contribution in [0.4, 0.5) is 10.5 Å². The highest BCUT2D eigenvalue weighted by molar-refractivity contribution is 5.88. The van der Waals surface area contributed by atoms with Gasteiger partial charge in [0.05, 0.1) is 5.52 Å². The summed E-state index contributed by atoms with van der Waals surface area (Å²) in [4.78, 5) is 23.2. The van der Waals surface area contributed by atoms with Gasteiger partial charge < -0.3 is 9.15 Å². The summed E-state index contributed by atoms with van der Waals surface area (Å²) in [7, 11) is 0. The van der Waals surface area contributed by atoms with E-state index in [2.05, 4.69) is 5.32 Å². The maximum Gasteiger partial charge on any atom is 0.419 e. The number of anilines is 1. The molecule has 2 aromatic rings. The van der Waals surface area contributed by atoms with E-state index >= 15 is 0 Å². The predicted molar refractivity (Wildman–Crippen MR) is 76.0 cm³/mol. The van der Waals surface area contributed by atoms with Gasteiger partial charge in [0.25, 0.3) is 0 Å². The lowest BCUT2D eigenvalue weighted by Gasteiger charge is -2.19. The minimum Gasteiger partial charge on any atom is -0.444 e. The van der Waals surface area contributed by atoms with Crippen LogP contribution in [0.25, 0.3) is 11.1 Å². The predicted octanol–water partition coefficient (Wildman–Crippen LogP) is 2.96. The lowest BCUT2D eigenvalue weighted by molar-refractivity contribution is 0.0636. The summed E-state index contributed by atoms with van der Waals surface area (Å²) in [5.41, 5.74) is 1.09. The molecular formula is C14H18N2O4. The number of rotatable bonds is 2. The number of aryl methyl sites for hydroxylation is 1. The summed E-state index contributed by atoms with van der Waals surface area (Å²) in [6, 6.07) is 5.04. The first kappa shape index (κ1) is 14.2. The molecule has 0 saturated heterocycles. The Morgan fingerprint density at radius 1 is 1.40 bits per heavy atom. The zero-order chi connectivity index (χ0) is 14.9. The van der Waals surface area contributed by atoms with E-state index in [9.17, 15) is 9.59 Å². The number of hydrogen-bond donors (Lipinski definition) is 1. The maximum absolute atomic E-state index is 11.7. The van der Waals surface area contributed by atoms with Crippen LogP contribution in [0.1, 0.15) is 27.7 Å². The fourth-order valence-corrected chi connectivity index (χ4v) is 1.87. The van der Waals surface area contributed by atoms with Crippen molar-refractivity contribution in [2.24, 2.45) is 0 Å². The fourth-order valence-electron chi connectivity index (χ4n) is 1.87. The number of amides is 1. The van der Waals surface area contributed by atoms with Crippen molar-refractivity contribution in [1.29, 1.82) is 0 Å². The van der Waals surface area contributed by atoms with E-state index in [1.54, 1.807) is 39.0 Å². The van der Waals surface area contributed by atoms with Crippen molar-refractivity contribution < 1.29 is 13.9 Å². The second-order valence-corrected chi connectivity index (χ2v) is 5.42. The largest absolute Gasteiger partial charge is 0.444 e. The Kier molecular flexibility index (Phi) is 3.57. The first-order valence-electron chi connectivity index (χ1n) is 6.43. The molecule has 2 rings (SSSR count). The average molecular weight is 278 g/mol. The Morgan fingerprint density at radius 3 is 2.70 bits per heavy atom. The first-order valence-corrected chi connectivity index (χ1v) is 6.43. The number of hydrogen-bond acceptors (Lipinski definition) is 4. The molecule has 6 nitrogen and oxygen atoms in total. The van der Waals surface area contributed by atoms with Crippen LogP contribution in [-0.2, 0) is 11.3 Å². The zero-order valence-electron chi connectivity index (χ0n) is 12.0. The molecule has 1 amide bonds. The van der Waals surface area contributed by atoms with Crippen molar-refractivity contribution in [2.45, 2.75) is 39.8 Å². The Bertz CT molecular complexity index is 691. The minimum atomic E-state index is -0.563. The molecule has 0 aliphatic carbocycles. The monoisotopic (exact) mass is 278 g/mol. The van der Waals surface area contributed by atoms with E-state index < -0.39 is 17.5 Å². The van der Waals surface area contributed by atoms with Gasteiger partial charge >= 0.3 is 11.8 Å². The Hall–Kier alpha value is -2.24. The van der Waals surface area contributed by atoms with Crippen molar-refractivity contribution in [2.75, 3.05) is 5.32 Å². The minimum absolute atomic E-state index is 0.406. The van der Waals surface area contributed by atoms with Crippen molar-refractivity contribution in [1.82, 2.24) is 4.57 Å². The van der Waals surface area contributed by atoms with Crippen LogP contribution >= 0.6 is 0 Å². The van der Waals surface area contributed by atoms with Gasteiger partial charge in [-0.2, -0.15) is 0 Å². The number of oxazole rings is 1. The van der Waals surface area contributed by atoms with Crippen LogP contribution in [-0.4, -0.2) is 16.3 Å². The lowest BCUT2D eigenvalue weighted by Crippen LogP contribution is -2.27. The zero-order valence-corrected chi connectivity index (χ0v) is 12.0. The molecule has 0 bridgehead atoms. The number of nitrogens with zero attached hydrogens (tertiary/aromatic N) is 1. The molecule has 6 heteroatoms. The highest BCUT2D eigenvalue weighted by Crippen LogP contribution is 2.19. The number of ether oxygens (including phenoxy) is 1. The summed E-state index contributed by atoms with van der Waals surface area (Å²) in [6.45, 7) is 7.76. The van der Waals surface area contributed by atoms with Crippen LogP contribution in [0.2, 0.25) is 0 Å². The van der Waals surface area contributed by atoms with Gasteiger partial charge in [-0.3, -0.25) is 9.88 Å². The molecule has 1 aromatic heterocycles. The van der Waals surface area contributed by atoms with Crippen molar-refractivity contribution in [3.63, 3.8) is 0 Å². The van der Waals surface area contributed by atoms with E-state index in [0.717, 1.165) is 0 Å². The Labute approximate surface area is 116 Å². The highest BCUT2D eigenvalue weighted by Gasteiger charge is 2.16. The van der Waals surface area contributed by atoms with E-state index in [0.29, 0.717) is 23.3 Å². The molecule has 0 saturated carbocycles. The summed E-state index contributed by atoms with van der Waals surface area (Å²) in [6.07, 6.45) is -0.547. The summed E-state index contributed by atoms with van der Waals surface area (Å²) >= 11 is 0. The van der Waals surface area contributed by atoms with Crippen LogP contribution < -0.4 is 11.1 Å². The second-order valence-electron chi connectivity index (χ2n) is 5.42. The fraction of sp³-hybridized carbons (Fsp3) is 0.429. The third kappa shape index (κ3) is 3.01. The third-order valence-corrected chi connectivity index (χ3v) is 2.63. The summed E-state index contributed by atoms with van der Waals surface area (Å²) < 4.78 is 11.8. The molecule has 0 radical (unpaired) electrons. The number of benzene rings is 1. The van der Waals surface area contributed by atoms with Crippen molar-refractivity contribution >= 4 is 22.9 Å². The van der Waals surface area contributed by atoms with Gasteiger partial charge in [0.1, 0.15) is 5.60 Å². The first-order chi connectivity index (χ1) is 9.30. The van der Waals surface area contributed by atoms with Gasteiger partial charge in [0, 0.05) is 18.3 Å². The van der Waals surface area contributed by atoms with Gasteiger partial charge in [-0.25, -0.2) is 9.59 Å². The standard InChI is InChI=1S/C14H18N2O4/c1-5-16-10-7-6-9(8-11(10)19-13(16)18)15-12(17)20-14(2,3)4/h6-8H,5H2,1-4H3,(H,15,17). The van der Waals surface area contributed by atoms with E-state index in [1.165, 1.54) is 4.57 Å². The number of nitrogens with one attached hydrogen (secondary N) is 1. The molecule has 1 N–H and O–H groups in total. The average Bonchev–Trinajstić information content (AvgIpc) is 2.60. The topological polar surface area (TPSA) is 73.5 Å². The summed E-state index contributed by atoms with van der Waals surface area (Å²) in [5.74, 6) is -0.406. The number of carbonyl (C=O) groups is 1. The van der Waals surface area contributed by atoms with Gasteiger partial charge in [0.15, 0.2) is 5.58 Å². The highest BCUT2D eigenvalue weighted by atomic mass is 16.6. The Balaban J connectivity index is 2.25. The molecule has 20 heavy (non-hydrogen) atoms. The van der Waals surface area contributed by atoms with Crippen molar-refractivity contribution in [3.8, 4) is 0 Å². The molecule has 0 unspecified atom stereocenters. The number of carbonyl (C=O) groups excluding carboxylic acids is 1. The third-order valence-electron chi connectivity index (χ3n) is 2.63. The van der Waals surface area contributed by atoms with E-state index in [-0.39, 0.29) is 0 Å². The maximum atomic E-state index is 11.7. The molecule has 108 valence electrons. The lowest BCUT2D eigenvalue weighted by atomic mass is 10.2. The van der Waals surface area contributed by atoms with Gasteiger partial charge in [0.2, 0.25) is 0 Å². The number of fused-ring (bicyclic) bond motifs is 1. The van der Waals surface area contributed by atoms with Crippen LogP contribution in [0.15, 0.2) is 27.4 Å². The van der Waals surface area contributed by atoms with Gasteiger partial charge in [-0.15, -0.1) is 0 Å². The normalized spacial score (nSPS) is 11.6. The van der Waals surface area contributed by atoms with E-state index in [4.69, 9.17) is 9.15 Å². The molecule has 1 aromatic carbocycles. The van der Waals surface area contributed by atoms with Crippen LogP contribution in [0, 0.1) is 0 Å². The van der Waals surface area contributed by atoms with Crippen molar-refractivity contribution in [3.05, 3.63) is 28.7 Å². The second kappa shape index (κ2) is 5.03. The smallest absolute Gasteiger partial charge is 0.419 e. The van der Waals surface area contributed by atoms with Crippen LogP contribution in [0.3, 0.4) is 0 Å². The summed E-state index contributed by atoms with van der Waals surface area (Å²) in [5, 5.41) is 2.60. The molecule has 0 spiro atoms. The van der Waals surface area contributed by atoms with E-state index in [1.807, 2.05) is 6.92 Å². The molecule has 0 fully saturated rings.